The number of hydrogen-bond donors (Lipinski definition) is 1. The zero-order valence-corrected chi connectivity index (χ0v) is 11.7. The van der Waals surface area contributed by atoms with Crippen LogP contribution in [0.1, 0.15) is 49.4 Å². The van der Waals surface area contributed by atoms with E-state index in [0.29, 0.717) is 6.04 Å². The normalized spacial score (nSPS) is 19.2. The van der Waals surface area contributed by atoms with Crippen molar-refractivity contribution in [2.24, 2.45) is 5.92 Å². The molecule has 1 unspecified atom stereocenters. The lowest BCUT2D eigenvalue weighted by Crippen LogP contribution is -2.20. The summed E-state index contributed by atoms with van der Waals surface area (Å²) in [6.07, 6.45) is 8.40. The minimum Gasteiger partial charge on any atom is -0.496 e. The number of thiophene rings is 1. The Bertz CT molecular complexity index is 331. The molecule has 1 aliphatic carbocycles. The molecule has 0 saturated heterocycles. The summed E-state index contributed by atoms with van der Waals surface area (Å²) in [6.45, 7) is 0. The van der Waals surface area contributed by atoms with Gasteiger partial charge in [-0.25, -0.2) is 0 Å². The van der Waals surface area contributed by atoms with Crippen LogP contribution in [0, 0.1) is 5.92 Å². The lowest BCUT2D eigenvalue weighted by atomic mass is 9.84. The van der Waals surface area contributed by atoms with Gasteiger partial charge in [0.2, 0.25) is 0 Å². The molecule has 1 aromatic rings. The minimum absolute atomic E-state index is 0.506. The molecule has 0 spiro atoms. The Balaban J connectivity index is 1.95. The maximum Gasteiger partial charge on any atom is 0.129 e. The quantitative estimate of drug-likeness (QED) is 0.856. The minimum atomic E-state index is 0.506. The van der Waals surface area contributed by atoms with Crippen molar-refractivity contribution >= 4 is 11.3 Å². The van der Waals surface area contributed by atoms with Crippen molar-refractivity contribution in [2.75, 3.05) is 14.2 Å². The first-order valence-electron chi connectivity index (χ1n) is 6.63. The molecule has 1 N–H and O–H groups in total. The van der Waals surface area contributed by atoms with E-state index in [0.717, 1.165) is 11.7 Å². The zero-order valence-electron chi connectivity index (χ0n) is 10.9. The fraction of sp³-hybridized carbons (Fsp3) is 0.714. The van der Waals surface area contributed by atoms with Crippen LogP contribution in [0.25, 0.3) is 0 Å². The summed E-state index contributed by atoms with van der Waals surface area (Å²) in [6, 6.07) is 2.68. The highest BCUT2D eigenvalue weighted by Gasteiger charge is 2.20. The molecule has 0 bridgehead atoms. The smallest absolute Gasteiger partial charge is 0.129 e. The molecule has 17 heavy (non-hydrogen) atoms. The van der Waals surface area contributed by atoms with Gasteiger partial charge in [0.25, 0.3) is 0 Å². The highest BCUT2D eigenvalue weighted by atomic mass is 32.1. The van der Waals surface area contributed by atoms with E-state index in [1.165, 1.54) is 43.4 Å². The van der Waals surface area contributed by atoms with Crippen LogP contribution < -0.4 is 10.1 Å². The van der Waals surface area contributed by atoms with Gasteiger partial charge in [-0.15, -0.1) is 11.3 Å². The third kappa shape index (κ3) is 3.46. The molecule has 2 nitrogen and oxygen atoms in total. The molecule has 1 aliphatic rings. The van der Waals surface area contributed by atoms with Crippen LogP contribution in [-0.2, 0) is 0 Å². The van der Waals surface area contributed by atoms with Gasteiger partial charge in [0.15, 0.2) is 0 Å². The van der Waals surface area contributed by atoms with E-state index in [9.17, 15) is 0 Å². The van der Waals surface area contributed by atoms with Crippen molar-refractivity contribution in [3.05, 3.63) is 16.3 Å². The summed E-state index contributed by atoms with van der Waals surface area (Å²) < 4.78 is 5.26. The van der Waals surface area contributed by atoms with E-state index in [1.807, 2.05) is 11.3 Å². The molecule has 1 fully saturated rings. The summed E-state index contributed by atoms with van der Waals surface area (Å²) in [5.41, 5.74) is 0. The lowest BCUT2D eigenvalue weighted by molar-refractivity contribution is 0.307. The highest BCUT2D eigenvalue weighted by Crippen LogP contribution is 2.35. The van der Waals surface area contributed by atoms with Gasteiger partial charge in [0.05, 0.1) is 7.11 Å². The molecule has 3 heteroatoms. The van der Waals surface area contributed by atoms with Gasteiger partial charge < -0.3 is 10.1 Å². The maximum absolute atomic E-state index is 5.26. The van der Waals surface area contributed by atoms with Crippen molar-refractivity contribution in [1.82, 2.24) is 5.32 Å². The average molecular weight is 253 g/mol. The summed E-state index contributed by atoms with van der Waals surface area (Å²) in [5.74, 6) is 1.91. The monoisotopic (exact) mass is 253 g/mol. The van der Waals surface area contributed by atoms with Gasteiger partial charge in [0.1, 0.15) is 5.75 Å². The largest absolute Gasteiger partial charge is 0.496 e. The van der Waals surface area contributed by atoms with Crippen molar-refractivity contribution in [2.45, 2.75) is 44.6 Å². The Hall–Kier alpha value is -0.540. The second-order valence-electron chi connectivity index (χ2n) is 4.97. The Kier molecular flexibility index (Phi) is 4.86. The van der Waals surface area contributed by atoms with Gasteiger partial charge >= 0.3 is 0 Å². The van der Waals surface area contributed by atoms with Crippen LogP contribution in [0.3, 0.4) is 0 Å². The van der Waals surface area contributed by atoms with Crippen molar-refractivity contribution in [1.29, 1.82) is 0 Å². The Labute approximate surface area is 108 Å². The van der Waals surface area contributed by atoms with Crippen molar-refractivity contribution in [3.8, 4) is 5.75 Å². The fourth-order valence-electron chi connectivity index (χ4n) is 2.76. The zero-order chi connectivity index (χ0) is 12.1. The number of methoxy groups -OCH3 is 1. The molecular weight excluding hydrogens is 230 g/mol. The molecule has 0 amide bonds. The first-order valence-corrected chi connectivity index (χ1v) is 7.51. The maximum atomic E-state index is 5.26. The molecular formula is C14H23NOS. The predicted octanol–water partition coefficient (Wildman–Crippen LogP) is 3.99. The molecule has 1 heterocycles. The predicted molar refractivity (Wildman–Crippen MR) is 73.9 cm³/mol. The summed E-state index contributed by atoms with van der Waals surface area (Å²) in [4.78, 5) is 1.41. The first-order chi connectivity index (χ1) is 8.33. The van der Waals surface area contributed by atoms with Crippen LogP contribution in [0.2, 0.25) is 0 Å². The van der Waals surface area contributed by atoms with Gasteiger partial charge in [-0.05, 0) is 25.5 Å². The van der Waals surface area contributed by atoms with Crippen molar-refractivity contribution < 1.29 is 4.74 Å². The standard InChI is InChI=1S/C14H23NOS/c1-15-13(8-11-6-4-3-5-7-11)14-9-12(16-2)10-17-14/h9-11,13,15H,3-8H2,1-2H3. The van der Waals surface area contributed by atoms with E-state index in [1.54, 1.807) is 7.11 Å². The summed E-state index contributed by atoms with van der Waals surface area (Å²) in [5, 5.41) is 5.56. The van der Waals surface area contributed by atoms with Crippen LogP contribution in [0.4, 0.5) is 0 Å². The number of hydrogen-bond acceptors (Lipinski definition) is 3. The second kappa shape index (κ2) is 6.41. The average Bonchev–Trinajstić information content (AvgIpc) is 2.86. The molecule has 96 valence electrons. The van der Waals surface area contributed by atoms with E-state index in [4.69, 9.17) is 4.74 Å². The molecule has 1 atom stereocenters. The van der Waals surface area contributed by atoms with Crippen LogP contribution in [0.15, 0.2) is 11.4 Å². The molecule has 1 aromatic heterocycles. The van der Waals surface area contributed by atoms with Gasteiger partial charge in [-0.2, -0.15) is 0 Å². The molecule has 0 aliphatic heterocycles. The number of ether oxygens (including phenoxy) is 1. The third-order valence-corrected chi connectivity index (χ3v) is 4.84. The third-order valence-electron chi connectivity index (χ3n) is 3.82. The van der Waals surface area contributed by atoms with Crippen LogP contribution in [-0.4, -0.2) is 14.2 Å². The molecule has 1 saturated carbocycles. The lowest BCUT2D eigenvalue weighted by Gasteiger charge is -2.25. The molecule has 2 rings (SSSR count). The highest BCUT2D eigenvalue weighted by molar-refractivity contribution is 7.10. The number of nitrogens with one attached hydrogen (secondary N) is 1. The molecule has 0 radical (unpaired) electrons. The fourth-order valence-corrected chi connectivity index (χ4v) is 3.74. The van der Waals surface area contributed by atoms with E-state index < -0.39 is 0 Å². The Morgan fingerprint density at radius 2 is 2.18 bits per heavy atom. The summed E-state index contributed by atoms with van der Waals surface area (Å²) in [7, 11) is 3.81. The number of rotatable bonds is 5. The van der Waals surface area contributed by atoms with E-state index in [2.05, 4.69) is 23.8 Å². The Morgan fingerprint density at radius 1 is 1.41 bits per heavy atom. The van der Waals surface area contributed by atoms with Gasteiger partial charge in [0, 0.05) is 16.3 Å². The molecule has 0 aromatic carbocycles. The van der Waals surface area contributed by atoms with Crippen LogP contribution in [0.5, 0.6) is 5.75 Å². The van der Waals surface area contributed by atoms with E-state index in [-0.39, 0.29) is 0 Å². The van der Waals surface area contributed by atoms with Crippen molar-refractivity contribution in [3.63, 3.8) is 0 Å². The van der Waals surface area contributed by atoms with Crippen LogP contribution >= 0.6 is 11.3 Å². The SMILES string of the molecule is CNC(CC1CCCCC1)c1cc(OC)cs1. The summed E-state index contributed by atoms with van der Waals surface area (Å²) >= 11 is 1.81. The van der Waals surface area contributed by atoms with Gasteiger partial charge in [-0.1, -0.05) is 32.1 Å². The van der Waals surface area contributed by atoms with Gasteiger partial charge in [-0.3, -0.25) is 0 Å². The second-order valence-corrected chi connectivity index (χ2v) is 5.91. The topological polar surface area (TPSA) is 21.3 Å². The Morgan fingerprint density at radius 3 is 2.76 bits per heavy atom. The first kappa shape index (κ1) is 12.9. The van der Waals surface area contributed by atoms with E-state index >= 15 is 0 Å².